The maximum absolute atomic E-state index is 12.7. The van der Waals surface area contributed by atoms with E-state index in [9.17, 15) is 18.0 Å². The zero-order valence-electron chi connectivity index (χ0n) is 16.0. The smallest absolute Gasteiger partial charge is 0.243 e. The molecule has 3 N–H and O–H groups in total. The summed E-state index contributed by atoms with van der Waals surface area (Å²) in [5.41, 5.74) is 6.31. The molecule has 0 aliphatic rings. The van der Waals surface area contributed by atoms with Gasteiger partial charge in [-0.15, -0.1) is 0 Å². The number of carbonyl (C=O) groups excluding carboxylic acids is 2. The minimum atomic E-state index is -3.92. The van der Waals surface area contributed by atoms with E-state index in [4.69, 9.17) is 22.1 Å². The Balaban J connectivity index is 2.04. The molecule has 0 heterocycles. The highest BCUT2D eigenvalue weighted by Gasteiger charge is 2.24. The lowest BCUT2D eigenvalue weighted by Gasteiger charge is -2.17. The van der Waals surface area contributed by atoms with E-state index in [1.807, 2.05) is 0 Å². The molecule has 0 aliphatic heterocycles. The maximum Gasteiger partial charge on any atom is 0.243 e. The van der Waals surface area contributed by atoms with Crippen molar-refractivity contribution in [3.8, 4) is 5.75 Å². The molecule has 2 amide bonds. The highest BCUT2D eigenvalue weighted by Crippen LogP contribution is 2.28. The van der Waals surface area contributed by atoms with Crippen molar-refractivity contribution in [2.45, 2.75) is 18.2 Å². The fourth-order valence-corrected chi connectivity index (χ4v) is 3.94. The first-order valence-electron chi connectivity index (χ1n) is 8.69. The van der Waals surface area contributed by atoms with Gasteiger partial charge in [0.15, 0.2) is 0 Å². The summed E-state index contributed by atoms with van der Waals surface area (Å²) in [5, 5.41) is 2.78. The number of nitrogens with one attached hydrogen (secondary N) is 1. The van der Waals surface area contributed by atoms with Crippen molar-refractivity contribution < 1.29 is 22.7 Å². The molecule has 0 atom stereocenters. The average Bonchev–Trinajstić information content (AvgIpc) is 2.64. The zero-order chi connectivity index (χ0) is 21.6. The van der Waals surface area contributed by atoms with Gasteiger partial charge in [-0.05, 0) is 42.8 Å². The van der Waals surface area contributed by atoms with Crippen molar-refractivity contribution in [2.24, 2.45) is 5.73 Å². The molecule has 0 unspecified atom stereocenters. The standard InChI is InChI=1S/C19H22ClN3O5S/c1-3-28-17-9-8-15(11-16(17)20)29(26,27)23(2)12-19(25)22-14-6-4-13(5-7-14)10-18(21)24/h4-9,11H,3,10,12H2,1-2H3,(H2,21,24)(H,22,25). The summed E-state index contributed by atoms with van der Waals surface area (Å²) in [6.07, 6.45) is 0.0971. The predicted octanol–water partition coefficient (Wildman–Crippen LogP) is 2.03. The number of carbonyl (C=O) groups is 2. The minimum absolute atomic E-state index is 0.0444. The van der Waals surface area contributed by atoms with Gasteiger partial charge in [-0.2, -0.15) is 4.31 Å². The lowest BCUT2D eigenvalue weighted by Crippen LogP contribution is -2.35. The topological polar surface area (TPSA) is 119 Å². The predicted molar refractivity (Wildman–Crippen MR) is 110 cm³/mol. The van der Waals surface area contributed by atoms with E-state index in [2.05, 4.69) is 5.32 Å². The second kappa shape index (κ2) is 9.73. The summed E-state index contributed by atoms with van der Waals surface area (Å²) >= 11 is 6.06. The Morgan fingerprint density at radius 3 is 2.38 bits per heavy atom. The van der Waals surface area contributed by atoms with E-state index in [0.717, 1.165) is 4.31 Å². The van der Waals surface area contributed by atoms with Crippen LogP contribution in [0.4, 0.5) is 5.69 Å². The van der Waals surface area contributed by atoms with Crippen molar-refractivity contribution in [1.82, 2.24) is 4.31 Å². The number of sulfonamides is 1. The van der Waals surface area contributed by atoms with Gasteiger partial charge >= 0.3 is 0 Å². The second-order valence-electron chi connectivity index (χ2n) is 6.17. The highest BCUT2D eigenvalue weighted by molar-refractivity contribution is 7.89. The van der Waals surface area contributed by atoms with Crippen molar-refractivity contribution in [1.29, 1.82) is 0 Å². The molecule has 8 nitrogen and oxygen atoms in total. The highest BCUT2D eigenvalue weighted by atomic mass is 35.5. The number of ether oxygens (including phenoxy) is 1. The third-order valence-electron chi connectivity index (χ3n) is 3.89. The van der Waals surface area contributed by atoms with Gasteiger partial charge < -0.3 is 15.8 Å². The molecule has 0 aliphatic carbocycles. The third kappa shape index (κ3) is 6.18. The molecule has 29 heavy (non-hydrogen) atoms. The van der Waals surface area contributed by atoms with Crippen molar-refractivity contribution >= 4 is 39.1 Å². The quantitative estimate of drug-likeness (QED) is 0.619. The number of amides is 2. The first kappa shape index (κ1) is 22.7. The Labute approximate surface area is 174 Å². The summed E-state index contributed by atoms with van der Waals surface area (Å²) in [7, 11) is -2.62. The lowest BCUT2D eigenvalue weighted by molar-refractivity contribution is -0.117. The van der Waals surface area contributed by atoms with E-state index in [1.165, 1.54) is 25.2 Å². The fraction of sp³-hybridized carbons (Fsp3) is 0.263. The summed E-state index contributed by atoms with van der Waals surface area (Å²) in [6, 6.07) is 10.7. The Kier molecular flexibility index (Phi) is 7.60. The van der Waals surface area contributed by atoms with Gasteiger partial charge in [0.05, 0.1) is 29.5 Å². The van der Waals surface area contributed by atoms with Crippen molar-refractivity contribution in [3.63, 3.8) is 0 Å². The number of likely N-dealkylation sites (N-methyl/N-ethyl adjacent to an activating group) is 1. The van der Waals surface area contributed by atoms with E-state index in [0.29, 0.717) is 23.6 Å². The summed E-state index contributed by atoms with van der Waals surface area (Å²) < 4.78 is 31.6. The molecule has 0 saturated carbocycles. The number of benzene rings is 2. The maximum atomic E-state index is 12.7. The molecule has 0 radical (unpaired) electrons. The molecule has 0 fully saturated rings. The Bertz CT molecular complexity index is 993. The molecule has 2 aromatic rings. The van der Waals surface area contributed by atoms with Crippen LogP contribution in [0.1, 0.15) is 12.5 Å². The Hall–Kier alpha value is -2.62. The van der Waals surface area contributed by atoms with Crippen LogP contribution in [0.5, 0.6) is 5.75 Å². The van der Waals surface area contributed by atoms with Crippen LogP contribution < -0.4 is 15.8 Å². The zero-order valence-corrected chi connectivity index (χ0v) is 17.6. The van der Waals surface area contributed by atoms with Crippen LogP contribution >= 0.6 is 11.6 Å². The van der Waals surface area contributed by atoms with Crippen LogP contribution in [-0.4, -0.2) is 44.7 Å². The van der Waals surface area contributed by atoms with Crippen LogP contribution in [0.2, 0.25) is 5.02 Å². The Morgan fingerprint density at radius 2 is 1.83 bits per heavy atom. The van der Waals surface area contributed by atoms with Gasteiger partial charge in [-0.1, -0.05) is 23.7 Å². The number of nitrogens with two attached hydrogens (primary N) is 1. The SMILES string of the molecule is CCOc1ccc(S(=O)(=O)N(C)CC(=O)Nc2ccc(CC(N)=O)cc2)cc1Cl. The third-order valence-corrected chi connectivity index (χ3v) is 5.99. The minimum Gasteiger partial charge on any atom is -0.492 e. The average molecular weight is 440 g/mol. The molecule has 0 saturated heterocycles. The van der Waals surface area contributed by atoms with Gasteiger partial charge in [-0.3, -0.25) is 9.59 Å². The second-order valence-corrected chi connectivity index (χ2v) is 8.63. The number of hydrogen-bond acceptors (Lipinski definition) is 5. The van der Waals surface area contributed by atoms with Crippen molar-refractivity contribution in [2.75, 3.05) is 25.5 Å². The number of halogens is 1. The van der Waals surface area contributed by atoms with Gasteiger partial charge in [0.25, 0.3) is 0 Å². The Morgan fingerprint density at radius 1 is 1.17 bits per heavy atom. The normalized spacial score (nSPS) is 11.3. The molecule has 2 aromatic carbocycles. The van der Waals surface area contributed by atoms with Gasteiger partial charge in [0.2, 0.25) is 21.8 Å². The number of anilines is 1. The van der Waals surface area contributed by atoms with Gasteiger partial charge in [0, 0.05) is 12.7 Å². The van der Waals surface area contributed by atoms with E-state index in [1.54, 1.807) is 31.2 Å². The van der Waals surface area contributed by atoms with Crippen LogP contribution in [0.3, 0.4) is 0 Å². The lowest BCUT2D eigenvalue weighted by atomic mass is 10.1. The molecular formula is C19H22ClN3O5S. The number of primary amides is 1. The van der Waals surface area contributed by atoms with E-state index >= 15 is 0 Å². The van der Waals surface area contributed by atoms with Crippen LogP contribution in [0, 0.1) is 0 Å². The summed E-state index contributed by atoms with van der Waals surface area (Å²) in [6.45, 7) is 1.80. The van der Waals surface area contributed by atoms with Gasteiger partial charge in [-0.25, -0.2) is 8.42 Å². The summed E-state index contributed by atoms with van der Waals surface area (Å²) in [5.74, 6) is -0.591. The van der Waals surface area contributed by atoms with Crippen molar-refractivity contribution in [3.05, 3.63) is 53.1 Å². The molecule has 10 heteroatoms. The van der Waals surface area contributed by atoms with E-state index in [-0.39, 0.29) is 16.3 Å². The van der Waals surface area contributed by atoms with Gasteiger partial charge in [0.1, 0.15) is 5.75 Å². The summed E-state index contributed by atoms with van der Waals surface area (Å²) in [4.78, 5) is 23.1. The number of hydrogen-bond donors (Lipinski definition) is 2. The van der Waals surface area contributed by atoms with E-state index < -0.39 is 28.4 Å². The molecule has 0 aromatic heterocycles. The molecule has 156 valence electrons. The first-order valence-corrected chi connectivity index (χ1v) is 10.5. The van der Waals surface area contributed by atoms with Crippen LogP contribution in [0.15, 0.2) is 47.4 Å². The van der Waals surface area contributed by atoms with Crippen LogP contribution in [0.25, 0.3) is 0 Å². The number of nitrogens with zero attached hydrogens (tertiary/aromatic N) is 1. The first-order chi connectivity index (χ1) is 13.6. The van der Waals surface area contributed by atoms with Crippen LogP contribution in [-0.2, 0) is 26.0 Å². The molecule has 0 bridgehead atoms. The molecule has 2 rings (SSSR count). The fourth-order valence-electron chi connectivity index (χ4n) is 2.49. The molecule has 0 spiro atoms. The monoisotopic (exact) mass is 439 g/mol. The number of rotatable bonds is 9. The largest absolute Gasteiger partial charge is 0.492 e. The molecular weight excluding hydrogens is 418 g/mol.